The van der Waals surface area contributed by atoms with Crippen LogP contribution in [0, 0.1) is 12.3 Å². The summed E-state index contributed by atoms with van der Waals surface area (Å²) in [5, 5.41) is 6.28. The van der Waals surface area contributed by atoms with Crippen molar-refractivity contribution >= 4 is 11.8 Å². The summed E-state index contributed by atoms with van der Waals surface area (Å²) in [4.78, 5) is 25.8. The van der Waals surface area contributed by atoms with E-state index in [1.165, 1.54) is 6.92 Å². The molecule has 1 N–H and O–H groups in total. The number of amides is 2. The minimum atomic E-state index is -4.53. The van der Waals surface area contributed by atoms with E-state index in [-0.39, 0.29) is 23.6 Å². The summed E-state index contributed by atoms with van der Waals surface area (Å²) in [7, 11) is 1.74. The largest absolute Gasteiger partial charge is 0.435 e. The number of fused-ring (bicyclic) bond motifs is 1. The average molecular weight is 370 g/mol. The van der Waals surface area contributed by atoms with Crippen LogP contribution in [0.2, 0.25) is 0 Å². The highest BCUT2D eigenvalue weighted by atomic mass is 19.4. The molecule has 1 saturated heterocycles. The van der Waals surface area contributed by atoms with Crippen LogP contribution in [-0.2, 0) is 22.3 Å². The van der Waals surface area contributed by atoms with Crippen molar-refractivity contribution in [2.75, 3.05) is 13.6 Å². The zero-order chi connectivity index (χ0) is 19.1. The number of piperidine rings is 1. The fraction of sp³-hybridized carbons (Fsp3) is 0.588. The van der Waals surface area contributed by atoms with Crippen LogP contribution in [0.5, 0.6) is 0 Å². The minimum Gasteiger partial charge on any atom is -0.354 e. The van der Waals surface area contributed by atoms with Crippen molar-refractivity contribution in [1.82, 2.24) is 20.0 Å². The van der Waals surface area contributed by atoms with Gasteiger partial charge in [-0.15, -0.1) is 0 Å². The molecule has 2 heterocycles. The predicted molar refractivity (Wildman–Crippen MR) is 86.7 cm³/mol. The zero-order valence-electron chi connectivity index (χ0n) is 14.7. The summed E-state index contributed by atoms with van der Waals surface area (Å²) in [6.45, 7) is 1.57. The van der Waals surface area contributed by atoms with E-state index < -0.39 is 17.8 Å². The third-order valence-corrected chi connectivity index (χ3v) is 5.25. The van der Waals surface area contributed by atoms with Gasteiger partial charge in [0.1, 0.15) is 6.54 Å². The highest BCUT2D eigenvalue weighted by molar-refractivity contribution is 5.80. The molecule has 2 aliphatic rings. The van der Waals surface area contributed by atoms with Gasteiger partial charge in [-0.25, -0.2) is 0 Å². The number of aromatic nitrogens is 2. The van der Waals surface area contributed by atoms with Crippen LogP contribution in [0.15, 0.2) is 17.8 Å². The Bertz CT molecular complexity index is 769. The van der Waals surface area contributed by atoms with E-state index in [2.05, 4.69) is 10.4 Å². The van der Waals surface area contributed by atoms with Crippen molar-refractivity contribution < 1.29 is 22.8 Å². The third kappa shape index (κ3) is 3.34. The molecule has 0 spiro atoms. The van der Waals surface area contributed by atoms with Crippen LogP contribution in [-0.4, -0.2) is 40.1 Å². The Kier molecular flexibility index (Phi) is 4.58. The van der Waals surface area contributed by atoms with E-state index >= 15 is 0 Å². The van der Waals surface area contributed by atoms with E-state index in [4.69, 9.17) is 0 Å². The Balaban J connectivity index is 1.64. The van der Waals surface area contributed by atoms with Gasteiger partial charge >= 0.3 is 6.18 Å². The maximum atomic E-state index is 12.7. The lowest BCUT2D eigenvalue weighted by molar-refractivity contribution is -0.141. The fourth-order valence-electron chi connectivity index (χ4n) is 3.76. The first kappa shape index (κ1) is 18.5. The number of nitrogens with one attached hydrogen (secondary N) is 1. The predicted octanol–water partition coefficient (Wildman–Crippen LogP) is 2.24. The number of halogens is 3. The number of carbonyl (C=O) groups excluding carboxylic acids is 2. The van der Waals surface area contributed by atoms with Crippen LogP contribution in [0.1, 0.15) is 37.1 Å². The van der Waals surface area contributed by atoms with Crippen molar-refractivity contribution in [2.45, 2.75) is 45.3 Å². The van der Waals surface area contributed by atoms with Gasteiger partial charge in [-0.1, -0.05) is 6.08 Å². The molecule has 1 atom stereocenters. The minimum absolute atomic E-state index is 0.0620. The van der Waals surface area contributed by atoms with Crippen LogP contribution in [0.3, 0.4) is 0 Å². The van der Waals surface area contributed by atoms with E-state index in [1.807, 2.05) is 6.08 Å². The second kappa shape index (κ2) is 6.44. The van der Waals surface area contributed by atoms with Crippen LogP contribution < -0.4 is 5.32 Å². The summed E-state index contributed by atoms with van der Waals surface area (Å²) in [6.07, 6.45) is 0.276. The van der Waals surface area contributed by atoms with Gasteiger partial charge in [0.2, 0.25) is 11.8 Å². The first-order valence-corrected chi connectivity index (χ1v) is 8.48. The average Bonchev–Trinajstić information content (AvgIpc) is 3.14. The lowest BCUT2D eigenvalue weighted by Crippen LogP contribution is -2.47. The molecule has 1 aromatic rings. The second-order valence-electron chi connectivity index (χ2n) is 6.96. The van der Waals surface area contributed by atoms with Gasteiger partial charge in [0.05, 0.1) is 0 Å². The highest BCUT2D eigenvalue weighted by Crippen LogP contribution is 2.46. The third-order valence-electron chi connectivity index (χ3n) is 5.25. The molecule has 1 aromatic heterocycles. The molecule has 1 fully saturated rings. The van der Waals surface area contributed by atoms with Gasteiger partial charge in [-0.3, -0.25) is 14.3 Å². The van der Waals surface area contributed by atoms with Gasteiger partial charge in [0.25, 0.3) is 0 Å². The fourth-order valence-corrected chi connectivity index (χ4v) is 3.76. The topological polar surface area (TPSA) is 67.2 Å². The van der Waals surface area contributed by atoms with E-state index in [0.717, 1.165) is 29.3 Å². The first-order chi connectivity index (χ1) is 12.1. The number of nitrogens with zero attached hydrogens (tertiary/aromatic N) is 3. The molecule has 9 heteroatoms. The van der Waals surface area contributed by atoms with Gasteiger partial charge in [0, 0.05) is 36.8 Å². The number of carbonyl (C=O) groups is 2. The molecular weight excluding hydrogens is 349 g/mol. The number of likely N-dealkylation sites (tertiary alicyclic amines) is 1. The van der Waals surface area contributed by atoms with E-state index in [9.17, 15) is 22.8 Å². The summed E-state index contributed by atoms with van der Waals surface area (Å²) in [6, 6.07) is 0.922. The van der Waals surface area contributed by atoms with Crippen LogP contribution >= 0.6 is 0 Å². The van der Waals surface area contributed by atoms with Crippen molar-refractivity contribution in [1.29, 1.82) is 0 Å². The number of hydrogen-bond donors (Lipinski definition) is 1. The Morgan fingerprint density at radius 2 is 2.12 bits per heavy atom. The maximum absolute atomic E-state index is 12.7. The zero-order valence-corrected chi connectivity index (χ0v) is 14.7. The first-order valence-electron chi connectivity index (χ1n) is 8.48. The molecule has 1 aliphatic carbocycles. The smallest absolute Gasteiger partial charge is 0.354 e. The normalized spacial score (nSPS) is 23.0. The Morgan fingerprint density at radius 1 is 1.38 bits per heavy atom. The van der Waals surface area contributed by atoms with Gasteiger partial charge < -0.3 is 10.2 Å². The second-order valence-corrected chi connectivity index (χ2v) is 6.96. The lowest BCUT2D eigenvalue weighted by Gasteiger charge is -2.41. The molecule has 142 valence electrons. The molecule has 26 heavy (non-hydrogen) atoms. The number of hydrogen-bond acceptors (Lipinski definition) is 3. The van der Waals surface area contributed by atoms with E-state index in [1.54, 1.807) is 11.9 Å². The van der Waals surface area contributed by atoms with Crippen molar-refractivity contribution in [2.24, 2.45) is 5.41 Å². The van der Waals surface area contributed by atoms with Crippen LogP contribution in [0.25, 0.3) is 0 Å². The van der Waals surface area contributed by atoms with E-state index in [0.29, 0.717) is 19.4 Å². The molecular formula is C17H21F3N4O2. The highest BCUT2D eigenvalue weighted by Gasteiger charge is 2.44. The molecule has 2 amide bonds. The molecule has 1 aliphatic heterocycles. The van der Waals surface area contributed by atoms with Crippen LogP contribution in [0.4, 0.5) is 13.2 Å². The quantitative estimate of drug-likeness (QED) is 0.884. The SMILES string of the molecule is Cc1cc(C(F)(F)F)nn1CC(=O)NCC12CCC=C1N(C)C(=O)CC2. The summed E-state index contributed by atoms with van der Waals surface area (Å²) in [5.41, 5.74) is -0.0668. The summed E-state index contributed by atoms with van der Waals surface area (Å²) < 4.78 is 39.2. The molecule has 0 radical (unpaired) electrons. The number of allylic oxidation sites excluding steroid dienone is 1. The molecule has 3 rings (SSSR count). The Hall–Kier alpha value is -2.32. The monoisotopic (exact) mass is 370 g/mol. The molecule has 6 nitrogen and oxygen atoms in total. The standard InChI is InChI=1S/C17H21F3N4O2/c1-11-8-12(17(18,19)20)22-24(11)9-14(25)21-10-16-6-3-4-13(16)23(2)15(26)5-7-16/h4,8H,3,5-7,9-10H2,1-2H3,(H,21,25). The van der Waals surface area contributed by atoms with Crippen molar-refractivity contribution in [3.63, 3.8) is 0 Å². The lowest BCUT2D eigenvalue weighted by atomic mass is 9.77. The molecule has 0 saturated carbocycles. The summed E-state index contributed by atoms with van der Waals surface area (Å²) >= 11 is 0. The maximum Gasteiger partial charge on any atom is 0.435 e. The number of alkyl halides is 3. The molecule has 0 bridgehead atoms. The summed E-state index contributed by atoms with van der Waals surface area (Å²) in [5.74, 6) is -0.336. The molecule has 1 unspecified atom stereocenters. The van der Waals surface area contributed by atoms with Crippen molar-refractivity contribution in [3.8, 4) is 0 Å². The Morgan fingerprint density at radius 3 is 2.77 bits per heavy atom. The number of rotatable bonds is 4. The number of aryl methyl sites for hydroxylation is 1. The van der Waals surface area contributed by atoms with Gasteiger partial charge in [-0.2, -0.15) is 18.3 Å². The van der Waals surface area contributed by atoms with Crippen molar-refractivity contribution in [3.05, 3.63) is 29.2 Å². The van der Waals surface area contributed by atoms with Gasteiger partial charge in [-0.05, 0) is 32.3 Å². The molecule has 0 aromatic carbocycles. The Labute approximate surface area is 149 Å². The van der Waals surface area contributed by atoms with Gasteiger partial charge in [0.15, 0.2) is 5.69 Å².